The maximum absolute atomic E-state index is 10.9. The SMILES string of the molecule is CC(C)OC(=O)C(O)C(C)C. The Morgan fingerprint density at radius 2 is 1.73 bits per heavy atom. The molecule has 0 amide bonds. The molecule has 0 radical (unpaired) electrons. The number of hydrogen-bond acceptors (Lipinski definition) is 3. The summed E-state index contributed by atoms with van der Waals surface area (Å²) in [4.78, 5) is 10.9. The molecule has 0 aromatic heterocycles. The average molecular weight is 160 g/mol. The lowest BCUT2D eigenvalue weighted by Gasteiger charge is -2.15. The van der Waals surface area contributed by atoms with Gasteiger partial charge >= 0.3 is 5.97 Å². The van der Waals surface area contributed by atoms with Crippen molar-refractivity contribution in [1.82, 2.24) is 0 Å². The molecule has 0 aliphatic heterocycles. The predicted molar refractivity (Wildman–Crippen MR) is 42.1 cm³/mol. The molecule has 11 heavy (non-hydrogen) atoms. The maximum atomic E-state index is 10.9. The highest BCUT2D eigenvalue weighted by molar-refractivity contribution is 5.74. The van der Waals surface area contributed by atoms with Crippen LogP contribution in [0.15, 0.2) is 0 Å². The van der Waals surface area contributed by atoms with Crippen LogP contribution in [0.2, 0.25) is 0 Å². The molecule has 0 aromatic carbocycles. The fourth-order valence-corrected chi connectivity index (χ4v) is 0.574. The molecule has 0 bridgehead atoms. The number of aliphatic hydroxyl groups is 1. The Balaban J connectivity index is 3.83. The van der Waals surface area contributed by atoms with Gasteiger partial charge in [-0.1, -0.05) is 13.8 Å². The van der Waals surface area contributed by atoms with Crippen molar-refractivity contribution in [2.75, 3.05) is 0 Å². The van der Waals surface area contributed by atoms with Crippen LogP contribution < -0.4 is 0 Å². The zero-order chi connectivity index (χ0) is 9.02. The van der Waals surface area contributed by atoms with Crippen molar-refractivity contribution < 1.29 is 14.6 Å². The molecular weight excluding hydrogens is 144 g/mol. The number of ether oxygens (including phenoxy) is 1. The van der Waals surface area contributed by atoms with Gasteiger partial charge in [-0.25, -0.2) is 4.79 Å². The van der Waals surface area contributed by atoms with Crippen molar-refractivity contribution in [2.45, 2.75) is 39.9 Å². The maximum Gasteiger partial charge on any atom is 0.335 e. The molecule has 1 unspecified atom stereocenters. The first-order valence-corrected chi connectivity index (χ1v) is 3.83. The van der Waals surface area contributed by atoms with E-state index in [-0.39, 0.29) is 12.0 Å². The van der Waals surface area contributed by atoms with E-state index in [0.29, 0.717) is 0 Å². The first kappa shape index (κ1) is 10.4. The minimum atomic E-state index is -0.989. The van der Waals surface area contributed by atoms with Gasteiger partial charge in [0.05, 0.1) is 6.10 Å². The smallest absolute Gasteiger partial charge is 0.335 e. The highest BCUT2D eigenvalue weighted by Gasteiger charge is 2.20. The van der Waals surface area contributed by atoms with E-state index >= 15 is 0 Å². The number of rotatable bonds is 3. The number of esters is 1. The second kappa shape index (κ2) is 4.34. The number of carbonyl (C=O) groups is 1. The van der Waals surface area contributed by atoms with Gasteiger partial charge in [-0.2, -0.15) is 0 Å². The summed E-state index contributed by atoms with van der Waals surface area (Å²) in [5.74, 6) is -0.615. The quantitative estimate of drug-likeness (QED) is 0.625. The third-order valence-electron chi connectivity index (χ3n) is 1.22. The molecule has 0 heterocycles. The third-order valence-corrected chi connectivity index (χ3v) is 1.22. The largest absolute Gasteiger partial charge is 0.461 e. The molecule has 0 spiro atoms. The Hall–Kier alpha value is -0.570. The fraction of sp³-hybridized carbons (Fsp3) is 0.875. The topological polar surface area (TPSA) is 46.5 Å². The average Bonchev–Trinajstić information content (AvgIpc) is 1.84. The van der Waals surface area contributed by atoms with Crippen molar-refractivity contribution in [3.63, 3.8) is 0 Å². The minimum Gasteiger partial charge on any atom is -0.461 e. The monoisotopic (exact) mass is 160 g/mol. The third kappa shape index (κ3) is 3.98. The Morgan fingerprint density at radius 3 is 2.00 bits per heavy atom. The van der Waals surface area contributed by atoms with E-state index in [1.807, 2.05) is 0 Å². The minimum absolute atomic E-state index is 0.0822. The van der Waals surface area contributed by atoms with Crippen molar-refractivity contribution in [3.8, 4) is 0 Å². The van der Waals surface area contributed by atoms with Gasteiger partial charge in [0.25, 0.3) is 0 Å². The van der Waals surface area contributed by atoms with E-state index in [9.17, 15) is 4.79 Å². The summed E-state index contributed by atoms with van der Waals surface area (Å²) in [7, 11) is 0. The zero-order valence-corrected chi connectivity index (χ0v) is 7.50. The van der Waals surface area contributed by atoms with Crippen molar-refractivity contribution in [3.05, 3.63) is 0 Å². The van der Waals surface area contributed by atoms with Gasteiger partial charge in [-0.15, -0.1) is 0 Å². The number of hydrogen-bond donors (Lipinski definition) is 1. The molecule has 0 fully saturated rings. The van der Waals surface area contributed by atoms with E-state index in [4.69, 9.17) is 9.84 Å². The summed E-state index contributed by atoms with van der Waals surface area (Å²) in [6.45, 7) is 7.05. The molecule has 1 N–H and O–H groups in total. The summed E-state index contributed by atoms with van der Waals surface area (Å²) >= 11 is 0. The second-order valence-corrected chi connectivity index (χ2v) is 3.17. The van der Waals surface area contributed by atoms with Crippen molar-refractivity contribution in [1.29, 1.82) is 0 Å². The van der Waals surface area contributed by atoms with Gasteiger partial charge in [-0.3, -0.25) is 0 Å². The lowest BCUT2D eigenvalue weighted by atomic mass is 10.1. The van der Waals surface area contributed by atoms with E-state index in [2.05, 4.69) is 0 Å². The van der Waals surface area contributed by atoms with E-state index in [1.165, 1.54) is 0 Å². The summed E-state index contributed by atoms with van der Waals surface area (Å²) < 4.78 is 4.78. The molecule has 0 rings (SSSR count). The Kier molecular flexibility index (Phi) is 4.11. The number of aliphatic hydroxyl groups excluding tert-OH is 1. The molecular formula is C8H16O3. The highest BCUT2D eigenvalue weighted by Crippen LogP contribution is 2.04. The van der Waals surface area contributed by atoms with Gasteiger partial charge < -0.3 is 9.84 Å². The van der Waals surface area contributed by atoms with Crippen LogP contribution in [0.3, 0.4) is 0 Å². The van der Waals surface area contributed by atoms with E-state index in [0.717, 1.165) is 0 Å². The molecule has 0 aliphatic rings. The molecule has 0 saturated heterocycles. The predicted octanol–water partition coefficient (Wildman–Crippen LogP) is 0.955. The fourth-order valence-electron chi connectivity index (χ4n) is 0.574. The molecule has 66 valence electrons. The van der Waals surface area contributed by atoms with Crippen molar-refractivity contribution >= 4 is 5.97 Å². The zero-order valence-electron chi connectivity index (χ0n) is 7.50. The summed E-state index contributed by atoms with van der Waals surface area (Å²) in [5.41, 5.74) is 0. The molecule has 0 aliphatic carbocycles. The first-order valence-electron chi connectivity index (χ1n) is 3.83. The molecule has 0 saturated carbocycles. The van der Waals surface area contributed by atoms with Gasteiger partial charge in [0.2, 0.25) is 0 Å². The first-order chi connectivity index (χ1) is 4.95. The van der Waals surface area contributed by atoms with Crippen LogP contribution in [0.25, 0.3) is 0 Å². The summed E-state index contributed by atoms with van der Waals surface area (Å²) in [6, 6.07) is 0. The van der Waals surface area contributed by atoms with Gasteiger partial charge in [0, 0.05) is 0 Å². The van der Waals surface area contributed by atoms with Crippen LogP contribution in [0, 0.1) is 5.92 Å². The van der Waals surface area contributed by atoms with E-state index < -0.39 is 12.1 Å². The van der Waals surface area contributed by atoms with Crippen molar-refractivity contribution in [2.24, 2.45) is 5.92 Å². The highest BCUT2D eigenvalue weighted by atomic mass is 16.6. The lowest BCUT2D eigenvalue weighted by molar-refractivity contribution is -0.159. The van der Waals surface area contributed by atoms with Crippen LogP contribution in [-0.4, -0.2) is 23.3 Å². The Morgan fingerprint density at radius 1 is 1.27 bits per heavy atom. The molecule has 0 aromatic rings. The van der Waals surface area contributed by atoms with Crippen LogP contribution >= 0.6 is 0 Å². The summed E-state index contributed by atoms with van der Waals surface area (Å²) in [6.07, 6.45) is -1.15. The van der Waals surface area contributed by atoms with Crippen LogP contribution in [0.4, 0.5) is 0 Å². The second-order valence-electron chi connectivity index (χ2n) is 3.17. The molecule has 3 nitrogen and oxygen atoms in total. The van der Waals surface area contributed by atoms with E-state index in [1.54, 1.807) is 27.7 Å². The normalized spacial score (nSPS) is 13.7. The Bertz CT molecular complexity index is 129. The molecule has 3 heteroatoms. The van der Waals surface area contributed by atoms with Gasteiger partial charge in [-0.05, 0) is 19.8 Å². The Labute approximate surface area is 67.4 Å². The standard InChI is InChI=1S/C8H16O3/c1-5(2)7(9)8(10)11-6(3)4/h5-7,9H,1-4H3. The summed E-state index contributed by atoms with van der Waals surface area (Å²) in [5, 5.41) is 9.17. The lowest BCUT2D eigenvalue weighted by Crippen LogP contribution is -2.30. The molecule has 1 atom stereocenters. The van der Waals surface area contributed by atoms with Crippen LogP contribution in [-0.2, 0) is 9.53 Å². The van der Waals surface area contributed by atoms with Gasteiger partial charge in [0.15, 0.2) is 6.10 Å². The van der Waals surface area contributed by atoms with Crippen LogP contribution in [0.5, 0.6) is 0 Å². The van der Waals surface area contributed by atoms with Gasteiger partial charge in [0.1, 0.15) is 0 Å². The number of carbonyl (C=O) groups excluding carboxylic acids is 1. The van der Waals surface area contributed by atoms with Crippen LogP contribution in [0.1, 0.15) is 27.7 Å².